The molecule has 0 bridgehead atoms. The number of hydrogen-bond acceptors (Lipinski definition) is 6. The molecular formula is C25H29N5O3. The summed E-state index contributed by atoms with van der Waals surface area (Å²) in [5.41, 5.74) is 3.77. The SMILES string of the molecule is CC(=O)O.CCc1ccc(-c2nn3c(nc2=O)-c2ccccc2NC32CCN(C)CC2)cc1. The van der Waals surface area contributed by atoms with Gasteiger partial charge in [-0.15, -0.1) is 0 Å². The van der Waals surface area contributed by atoms with Crippen LogP contribution in [0.25, 0.3) is 22.6 Å². The summed E-state index contributed by atoms with van der Waals surface area (Å²) in [6, 6.07) is 16.1. The molecule has 2 aromatic carbocycles. The van der Waals surface area contributed by atoms with Crippen LogP contribution in [-0.2, 0) is 16.9 Å². The zero-order chi connectivity index (χ0) is 23.6. The van der Waals surface area contributed by atoms with Gasteiger partial charge in [0.15, 0.2) is 11.5 Å². The lowest BCUT2D eigenvalue weighted by Gasteiger charge is -2.46. The molecule has 2 N–H and O–H groups in total. The molecule has 8 nitrogen and oxygen atoms in total. The van der Waals surface area contributed by atoms with E-state index in [1.54, 1.807) is 0 Å². The molecule has 172 valence electrons. The second kappa shape index (κ2) is 9.15. The van der Waals surface area contributed by atoms with Crippen molar-refractivity contribution in [2.45, 2.75) is 38.8 Å². The van der Waals surface area contributed by atoms with E-state index in [2.05, 4.69) is 47.4 Å². The Labute approximate surface area is 192 Å². The largest absolute Gasteiger partial charge is 0.481 e. The standard InChI is InChI=1S/C23H25N5O.C2H4O2/c1-3-16-8-10-17(11-9-16)20-22(29)24-21-18-6-4-5-7-19(18)25-23(28(21)26-20)12-14-27(2)15-13-23;1-2(3)4/h4-11,25H,3,12-15H2,1-2H3;1H3,(H,3,4). The molecule has 0 saturated carbocycles. The lowest BCUT2D eigenvalue weighted by Crippen LogP contribution is -2.53. The van der Waals surface area contributed by atoms with Crippen molar-refractivity contribution in [3.63, 3.8) is 0 Å². The van der Waals surface area contributed by atoms with E-state index in [0.717, 1.165) is 56.1 Å². The number of carboxylic acid groups (broad SMARTS) is 1. The first-order chi connectivity index (χ1) is 15.8. The van der Waals surface area contributed by atoms with Crippen molar-refractivity contribution in [3.8, 4) is 22.6 Å². The number of aromatic nitrogens is 3. The Morgan fingerprint density at radius 3 is 2.39 bits per heavy atom. The lowest BCUT2D eigenvalue weighted by atomic mass is 9.93. The van der Waals surface area contributed by atoms with Crippen LogP contribution in [-0.4, -0.2) is 50.9 Å². The molecule has 1 fully saturated rings. The third-order valence-corrected chi connectivity index (χ3v) is 6.20. The number of aryl methyl sites for hydroxylation is 1. The Bertz CT molecular complexity index is 1210. The Kier molecular flexibility index (Phi) is 6.29. The van der Waals surface area contributed by atoms with Crippen molar-refractivity contribution in [3.05, 3.63) is 64.4 Å². The number of hydrogen-bond donors (Lipinski definition) is 2. The van der Waals surface area contributed by atoms with Crippen LogP contribution in [0.15, 0.2) is 53.3 Å². The number of piperidine rings is 1. The van der Waals surface area contributed by atoms with Crippen molar-refractivity contribution in [1.29, 1.82) is 0 Å². The molecule has 0 atom stereocenters. The van der Waals surface area contributed by atoms with Gasteiger partial charge in [0.05, 0.1) is 0 Å². The number of nitrogens with zero attached hydrogens (tertiary/aromatic N) is 4. The van der Waals surface area contributed by atoms with E-state index in [9.17, 15) is 4.79 Å². The Balaban J connectivity index is 0.000000601. The van der Waals surface area contributed by atoms with E-state index in [-0.39, 0.29) is 11.2 Å². The highest BCUT2D eigenvalue weighted by molar-refractivity contribution is 5.76. The number of nitrogens with one attached hydrogen (secondary N) is 1. The first-order valence-electron chi connectivity index (χ1n) is 11.2. The average Bonchev–Trinajstić information content (AvgIpc) is 2.81. The Hall–Kier alpha value is -3.52. The molecular weight excluding hydrogens is 418 g/mol. The third kappa shape index (κ3) is 4.52. The number of rotatable bonds is 2. The second-order valence-electron chi connectivity index (χ2n) is 8.58. The fraction of sp³-hybridized carbons (Fsp3) is 0.360. The van der Waals surface area contributed by atoms with Crippen molar-refractivity contribution < 1.29 is 9.90 Å². The summed E-state index contributed by atoms with van der Waals surface area (Å²) in [6.45, 7) is 5.13. The maximum atomic E-state index is 13.0. The number of likely N-dealkylation sites (tertiary alicyclic amines) is 1. The van der Waals surface area contributed by atoms with Crippen LogP contribution in [0.4, 0.5) is 5.69 Å². The quantitative estimate of drug-likeness (QED) is 0.621. The molecule has 1 spiro atoms. The minimum atomic E-state index is -0.833. The first-order valence-corrected chi connectivity index (χ1v) is 11.2. The van der Waals surface area contributed by atoms with Crippen LogP contribution in [0, 0.1) is 0 Å². The maximum Gasteiger partial charge on any atom is 0.300 e. The molecule has 3 aromatic rings. The van der Waals surface area contributed by atoms with E-state index in [1.165, 1.54) is 5.56 Å². The van der Waals surface area contributed by atoms with Gasteiger partial charge in [0.2, 0.25) is 0 Å². The van der Waals surface area contributed by atoms with Crippen LogP contribution in [0.3, 0.4) is 0 Å². The number of para-hydroxylation sites is 1. The zero-order valence-corrected chi connectivity index (χ0v) is 19.2. The van der Waals surface area contributed by atoms with Crippen molar-refractivity contribution in [1.82, 2.24) is 19.7 Å². The highest BCUT2D eigenvalue weighted by Gasteiger charge is 2.42. The average molecular weight is 448 g/mol. The van der Waals surface area contributed by atoms with E-state index in [0.29, 0.717) is 11.5 Å². The normalized spacial score (nSPS) is 16.1. The smallest absolute Gasteiger partial charge is 0.300 e. The van der Waals surface area contributed by atoms with E-state index in [1.807, 2.05) is 35.0 Å². The maximum absolute atomic E-state index is 13.0. The summed E-state index contributed by atoms with van der Waals surface area (Å²) in [7, 11) is 2.14. The topological polar surface area (TPSA) is 100 Å². The van der Waals surface area contributed by atoms with E-state index in [4.69, 9.17) is 15.0 Å². The number of aliphatic carboxylic acids is 1. The van der Waals surface area contributed by atoms with Crippen molar-refractivity contribution in [2.75, 3.05) is 25.5 Å². The summed E-state index contributed by atoms with van der Waals surface area (Å²) < 4.78 is 1.98. The van der Waals surface area contributed by atoms with E-state index >= 15 is 0 Å². The second-order valence-corrected chi connectivity index (χ2v) is 8.58. The molecule has 33 heavy (non-hydrogen) atoms. The zero-order valence-electron chi connectivity index (χ0n) is 19.2. The highest BCUT2D eigenvalue weighted by Crippen LogP contribution is 2.41. The van der Waals surface area contributed by atoms with Gasteiger partial charge in [0.25, 0.3) is 11.5 Å². The fourth-order valence-electron chi connectivity index (χ4n) is 4.35. The number of benzene rings is 2. The minimum Gasteiger partial charge on any atom is -0.481 e. The number of carbonyl (C=O) groups is 1. The third-order valence-electron chi connectivity index (χ3n) is 6.20. The Morgan fingerprint density at radius 1 is 1.12 bits per heavy atom. The monoisotopic (exact) mass is 447 g/mol. The summed E-state index contributed by atoms with van der Waals surface area (Å²) in [4.78, 5) is 28.8. The molecule has 2 aliphatic heterocycles. The van der Waals surface area contributed by atoms with Gasteiger partial charge in [-0.25, -0.2) is 4.68 Å². The molecule has 5 rings (SSSR count). The molecule has 0 radical (unpaired) electrons. The summed E-state index contributed by atoms with van der Waals surface area (Å²) in [5.74, 6) is -0.178. The molecule has 0 unspecified atom stereocenters. The predicted octanol–water partition coefficient (Wildman–Crippen LogP) is 3.43. The van der Waals surface area contributed by atoms with Gasteiger partial charge >= 0.3 is 0 Å². The van der Waals surface area contributed by atoms with Crippen LogP contribution in [0.2, 0.25) is 0 Å². The van der Waals surface area contributed by atoms with Gasteiger partial charge in [-0.05, 0) is 31.2 Å². The lowest BCUT2D eigenvalue weighted by molar-refractivity contribution is -0.134. The molecule has 0 aliphatic carbocycles. The van der Waals surface area contributed by atoms with Gasteiger partial charge in [0.1, 0.15) is 5.66 Å². The summed E-state index contributed by atoms with van der Waals surface area (Å²) in [6.07, 6.45) is 2.76. The van der Waals surface area contributed by atoms with Gasteiger partial charge < -0.3 is 15.3 Å². The van der Waals surface area contributed by atoms with Gasteiger partial charge in [-0.2, -0.15) is 10.1 Å². The molecule has 3 heterocycles. The van der Waals surface area contributed by atoms with Gasteiger partial charge in [-0.3, -0.25) is 9.59 Å². The first kappa shape index (κ1) is 22.7. The molecule has 1 saturated heterocycles. The van der Waals surface area contributed by atoms with Crippen molar-refractivity contribution >= 4 is 11.7 Å². The summed E-state index contributed by atoms with van der Waals surface area (Å²) in [5, 5.41) is 16.1. The van der Waals surface area contributed by atoms with Crippen LogP contribution in [0.5, 0.6) is 0 Å². The predicted molar refractivity (Wildman–Crippen MR) is 128 cm³/mol. The summed E-state index contributed by atoms with van der Waals surface area (Å²) >= 11 is 0. The van der Waals surface area contributed by atoms with Gasteiger partial charge in [-0.1, -0.05) is 43.3 Å². The highest BCUT2D eigenvalue weighted by atomic mass is 16.4. The van der Waals surface area contributed by atoms with Crippen LogP contribution < -0.4 is 10.9 Å². The molecule has 8 heteroatoms. The van der Waals surface area contributed by atoms with Crippen LogP contribution in [0.1, 0.15) is 32.3 Å². The molecule has 0 amide bonds. The van der Waals surface area contributed by atoms with Crippen molar-refractivity contribution in [2.24, 2.45) is 0 Å². The molecule has 1 aromatic heterocycles. The number of carboxylic acids is 1. The number of anilines is 1. The fourth-order valence-corrected chi connectivity index (χ4v) is 4.35. The molecule has 2 aliphatic rings. The Morgan fingerprint density at radius 2 is 1.76 bits per heavy atom. The number of fused-ring (bicyclic) bond motifs is 4. The van der Waals surface area contributed by atoms with Crippen LogP contribution >= 0.6 is 0 Å². The van der Waals surface area contributed by atoms with Gasteiger partial charge in [0, 0.05) is 49.7 Å². The minimum absolute atomic E-state index is 0.278. The van der Waals surface area contributed by atoms with E-state index < -0.39 is 5.97 Å².